The predicted molar refractivity (Wildman–Crippen MR) is 106 cm³/mol. The van der Waals surface area contributed by atoms with Crippen LogP contribution in [0.2, 0.25) is 0 Å². The molecule has 0 aliphatic heterocycles. The van der Waals surface area contributed by atoms with Crippen molar-refractivity contribution in [3.8, 4) is 0 Å². The molecule has 1 heterocycles. The first-order valence-corrected chi connectivity index (χ1v) is 10.1. The SMILES string of the molecule is C=CCN(CC=C)C(=O)COC(=O)c1cccc(S(=O)(=O)NCc2ccco2)c1. The van der Waals surface area contributed by atoms with E-state index in [1.165, 1.54) is 35.4 Å². The van der Waals surface area contributed by atoms with Crippen LogP contribution < -0.4 is 4.72 Å². The summed E-state index contributed by atoms with van der Waals surface area (Å²) in [5, 5.41) is 0. The van der Waals surface area contributed by atoms with Gasteiger partial charge in [0.2, 0.25) is 10.0 Å². The molecule has 0 atom stereocenters. The third-order valence-corrected chi connectivity index (χ3v) is 5.17. The van der Waals surface area contributed by atoms with Gasteiger partial charge in [-0.2, -0.15) is 0 Å². The fraction of sp³-hybridized carbons (Fsp3) is 0.200. The van der Waals surface area contributed by atoms with Gasteiger partial charge in [0.1, 0.15) is 5.76 Å². The van der Waals surface area contributed by atoms with Crippen molar-refractivity contribution >= 4 is 21.9 Å². The maximum atomic E-state index is 12.4. The van der Waals surface area contributed by atoms with E-state index in [0.29, 0.717) is 5.76 Å². The van der Waals surface area contributed by atoms with Gasteiger partial charge < -0.3 is 14.1 Å². The molecule has 2 aromatic rings. The minimum atomic E-state index is -3.87. The maximum absolute atomic E-state index is 12.4. The van der Waals surface area contributed by atoms with Crippen molar-refractivity contribution in [1.29, 1.82) is 0 Å². The average molecular weight is 418 g/mol. The summed E-state index contributed by atoms with van der Waals surface area (Å²) in [5.74, 6) is -0.771. The van der Waals surface area contributed by atoms with Crippen LogP contribution in [0.15, 0.2) is 77.3 Å². The lowest BCUT2D eigenvalue weighted by atomic mass is 10.2. The third kappa shape index (κ3) is 6.44. The summed E-state index contributed by atoms with van der Waals surface area (Å²) < 4.78 is 37.3. The normalized spacial score (nSPS) is 10.9. The second kappa shape index (κ2) is 10.4. The topological polar surface area (TPSA) is 106 Å². The minimum Gasteiger partial charge on any atom is -0.468 e. The summed E-state index contributed by atoms with van der Waals surface area (Å²) >= 11 is 0. The van der Waals surface area contributed by atoms with Crippen LogP contribution in [0, 0.1) is 0 Å². The summed E-state index contributed by atoms with van der Waals surface area (Å²) in [6.45, 7) is 7.21. The molecule has 0 aliphatic rings. The lowest BCUT2D eigenvalue weighted by Gasteiger charge is -2.19. The van der Waals surface area contributed by atoms with Crippen LogP contribution in [-0.2, 0) is 26.1 Å². The summed E-state index contributed by atoms with van der Waals surface area (Å²) in [7, 11) is -3.87. The van der Waals surface area contributed by atoms with E-state index in [9.17, 15) is 18.0 Å². The molecule has 0 aliphatic carbocycles. The Hall–Kier alpha value is -3.17. The average Bonchev–Trinajstić information content (AvgIpc) is 3.24. The number of benzene rings is 1. The van der Waals surface area contributed by atoms with Crippen molar-refractivity contribution in [2.45, 2.75) is 11.4 Å². The molecule has 0 saturated heterocycles. The summed E-state index contributed by atoms with van der Waals surface area (Å²) in [5.41, 5.74) is 0.0117. The first-order valence-electron chi connectivity index (χ1n) is 8.66. The number of carbonyl (C=O) groups is 2. The highest BCUT2D eigenvalue weighted by Crippen LogP contribution is 2.13. The fourth-order valence-corrected chi connectivity index (χ4v) is 3.38. The number of amides is 1. The van der Waals surface area contributed by atoms with E-state index >= 15 is 0 Å². The van der Waals surface area contributed by atoms with Crippen molar-refractivity contribution in [2.24, 2.45) is 0 Å². The fourth-order valence-electron chi connectivity index (χ4n) is 2.34. The highest BCUT2D eigenvalue weighted by atomic mass is 32.2. The maximum Gasteiger partial charge on any atom is 0.338 e. The number of hydrogen-bond donors (Lipinski definition) is 1. The van der Waals surface area contributed by atoms with Crippen LogP contribution >= 0.6 is 0 Å². The second-order valence-corrected chi connectivity index (χ2v) is 7.65. The summed E-state index contributed by atoms with van der Waals surface area (Å²) in [6, 6.07) is 8.64. The van der Waals surface area contributed by atoms with Crippen molar-refractivity contribution in [3.63, 3.8) is 0 Å². The Bertz CT molecular complexity index is 957. The van der Waals surface area contributed by atoms with Gasteiger partial charge in [0.15, 0.2) is 6.61 Å². The Kier molecular flexibility index (Phi) is 7.93. The zero-order valence-corrected chi connectivity index (χ0v) is 16.6. The highest BCUT2D eigenvalue weighted by molar-refractivity contribution is 7.89. The molecular weight excluding hydrogens is 396 g/mol. The monoisotopic (exact) mass is 418 g/mol. The molecular formula is C20H22N2O6S. The van der Waals surface area contributed by atoms with Gasteiger partial charge in [0.25, 0.3) is 5.91 Å². The molecule has 1 N–H and O–H groups in total. The van der Waals surface area contributed by atoms with E-state index in [-0.39, 0.29) is 30.1 Å². The molecule has 0 bridgehead atoms. The van der Waals surface area contributed by atoms with Gasteiger partial charge in [-0.05, 0) is 30.3 Å². The number of rotatable bonds is 11. The number of nitrogens with zero attached hydrogens (tertiary/aromatic N) is 1. The number of sulfonamides is 1. The Morgan fingerprint density at radius 3 is 2.48 bits per heavy atom. The van der Waals surface area contributed by atoms with E-state index < -0.39 is 28.5 Å². The molecule has 154 valence electrons. The molecule has 1 amide bonds. The molecule has 0 unspecified atom stereocenters. The molecule has 29 heavy (non-hydrogen) atoms. The Morgan fingerprint density at radius 1 is 1.14 bits per heavy atom. The van der Waals surface area contributed by atoms with E-state index in [2.05, 4.69) is 17.9 Å². The molecule has 1 aromatic heterocycles. The van der Waals surface area contributed by atoms with Gasteiger partial charge in [-0.15, -0.1) is 13.2 Å². The number of furan rings is 1. The molecule has 8 nitrogen and oxygen atoms in total. The lowest BCUT2D eigenvalue weighted by Crippen LogP contribution is -2.35. The molecule has 0 fully saturated rings. The van der Waals surface area contributed by atoms with Crippen LogP contribution in [0.1, 0.15) is 16.1 Å². The zero-order chi connectivity index (χ0) is 21.3. The smallest absolute Gasteiger partial charge is 0.338 e. The molecule has 2 rings (SSSR count). The third-order valence-electron chi connectivity index (χ3n) is 3.77. The molecule has 9 heteroatoms. The second-order valence-electron chi connectivity index (χ2n) is 5.88. The number of carbonyl (C=O) groups excluding carboxylic acids is 2. The summed E-state index contributed by atoms with van der Waals surface area (Å²) in [6.07, 6.45) is 4.54. The Morgan fingerprint density at radius 2 is 1.86 bits per heavy atom. The van der Waals surface area contributed by atoms with Crippen LogP contribution in [0.3, 0.4) is 0 Å². The van der Waals surface area contributed by atoms with Gasteiger partial charge in [-0.3, -0.25) is 4.79 Å². The molecule has 1 aromatic carbocycles. The van der Waals surface area contributed by atoms with E-state index in [4.69, 9.17) is 9.15 Å². The molecule has 0 radical (unpaired) electrons. The van der Waals surface area contributed by atoms with Crippen molar-refractivity contribution in [3.05, 3.63) is 79.3 Å². The first kappa shape index (κ1) is 22.1. The van der Waals surface area contributed by atoms with E-state index in [0.717, 1.165) is 0 Å². The van der Waals surface area contributed by atoms with Gasteiger partial charge in [0, 0.05) is 13.1 Å². The predicted octanol–water partition coefficient (Wildman–Crippen LogP) is 2.12. The standard InChI is InChI=1S/C20H22N2O6S/c1-3-10-22(11-4-2)19(23)15-28-20(24)16-7-5-9-18(13-16)29(25,26)21-14-17-8-6-12-27-17/h3-9,12-13,21H,1-2,10-11,14-15H2. The highest BCUT2D eigenvalue weighted by Gasteiger charge is 2.19. The largest absolute Gasteiger partial charge is 0.468 e. The Balaban J connectivity index is 2.02. The van der Waals surface area contributed by atoms with Gasteiger partial charge >= 0.3 is 5.97 Å². The number of hydrogen-bond acceptors (Lipinski definition) is 6. The number of nitrogens with one attached hydrogen (secondary N) is 1. The van der Waals surface area contributed by atoms with Crippen LogP contribution in [-0.4, -0.2) is 44.9 Å². The van der Waals surface area contributed by atoms with E-state index in [1.807, 2.05) is 0 Å². The van der Waals surface area contributed by atoms with Crippen LogP contribution in [0.25, 0.3) is 0 Å². The number of ether oxygens (including phenoxy) is 1. The molecule has 0 spiro atoms. The minimum absolute atomic E-state index is 0.0117. The first-order chi connectivity index (χ1) is 13.9. The Labute approximate surface area is 169 Å². The van der Waals surface area contributed by atoms with Gasteiger partial charge in [0.05, 0.1) is 23.3 Å². The van der Waals surface area contributed by atoms with Gasteiger partial charge in [-0.1, -0.05) is 18.2 Å². The molecule has 0 saturated carbocycles. The lowest BCUT2D eigenvalue weighted by molar-refractivity contribution is -0.133. The summed E-state index contributed by atoms with van der Waals surface area (Å²) in [4.78, 5) is 25.7. The van der Waals surface area contributed by atoms with Crippen molar-refractivity contribution in [2.75, 3.05) is 19.7 Å². The van der Waals surface area contributed by atoms with Crippen LogP contribution in [0.4, 0.5) is 0 Å². The number of esters is 1. The quantitative estimate of drug-likeness (QED) is 0.443. The van der Waals surface area contributed by atoms with Crippen molar-refractivity contribution in [1.82, 2.24) is 9.62 Å². The van der Waals surface area contributed by atoms with Crippen molar-refractivity contribution < 1.29 is 27.2 Å². The van der Waals surface area contributed by atoms with Crippen LogP contribution in [0.5, 0.6) is 0 Å². The zero-order valence-electron chi connectivity index (χ0n) is 15.7. The van der Waals surface area contributed by atoms with Gasteiger partial charge in [-0.25, -0.2) is 17.9 Å². The van der Waals surface area contributed by atoms with E-state index in [1.54, 1.807) is 24.3 Å².